The van der Waals surface area contributed by atoms with Crippen molar-refractivity contribution in [3.05, 3.63) is 77.3 Å². The molecule has 0 saturated carbocycles. The number of aryl methyl sites for hydroxylation is 1. The Morgan fingerprint density at radius 1 is 0.972 bits per heavy atom. The van der Waals surface area contributed by atoms with Crippen LogP contribution in [0.25, 0.3) is 16.5 Å². The first-order valence-electron chi connectivity index (χ1n) is 11.0. The molecular weight excluding hydrogens is 500 g/mol. The van der Waals surface area contributed by atoms with E-state index < -0.39 is 22.2 Å². The van der Waals surface area contributed by atoms with Gasteiger partial charge in [-0.05, 0) is 74.8 Å². The zero-order chi connectivity index (χ0) is 26.2. The lowest BCUT2D eigenvalue weighted by atomic mass is 10.1. The Kier molecular flexibility index (Phi) is 6.88. The van der Waals surface area contributed by atoms with Crippen LogP contribution in [0, 0.1) is 6.92 Å². The highest BCUT2D eigenvalue weighted by atomic mass is 35.5. The molecule has 4 rings (SSSR count). The summed E-state index contributed by atoms with van der Waals surface area (Å²) < 4.78 is 15.6. The largest absolute Gasteiger partial charge is 0.543 e. The summed E-state index contributed by atoms with van der Waals surface area (Å²) in [5.41, 5.74) is 0.786. The van der Waals surface area contributed by atoms with Crippen LogP contribution in [0.4, 0.5) is 10.5 Å². The van der Waals surface area contributed by atoms with E-state index in [1.54, 1.807) is 94.4 Å². The highest BCUT2D eigenvalue weighted by Crippen LogP contribution is 2.41. The second-order valence-electron chi connectivity index (χ2n) is 9.15. The lowest BCUT2D eigenvalue weighted by molar-refractivity contribution is -0.482. The number of rotatable bonds is 3. The SMILES string of the molecule is Cc1cc(N=NC(=O)[N+](=[S-](=O)c2ccccc2)C(C)(C)C)ccc1-n1c(O)c2ccc(Cl)cc2c1O. The van der Waals surface area contributed by atoms with Crippen molar-refractivity contribution < 1.29 is 23.2 Å². The molecule has 0 atom stereocenters. The maximum Gasteiger partial charge on any atom is 0.543 e. The second kappa shape index (κ2) is 9.75. The van der Waals surface area contributed by atoms with Crippen molar-refractivity contribution in [2.45, 2.75) is 38.1 Å². The van der Waals surface area contributed by atoms with Gasteiger partial charge in [0.15, 0.2) is 0 Å². The smallest absolute Gasteiger partial charge is 0.494 e. The molecule has 186 valence electrons. The molecule has 3 aromatic carbocycles. The molecule has 36 heavy (non-hydrogen) atoms. The van der Waals surface area contributed by atoms with E-state index >= 15 is 0 Å². The third kappa shape index (κ3) is 4.84. The van der Waals surface area contributed by atoms with Crippen molar-refractivity contribution in [1.29, 1.82) is 0 Å². The summed E-state index contributed by atoms with van der Waals surface area (Å²) in [4.78, 5) is 13.4. The minimum atomic E-state index is -1.76. The van der Waals surface area contributed by atoms with E-state index in [1.807, 2.05) is 0 Å². The number of carbonyl (C=O) groups is 1. The van der Waals surface area contributed by atoms with E-state index in [-0.39, 0.29) is 11.8 Å². The van der Waals surface area contributed by atoms with Crippen molar-refractivity contribution in [2.24, 2.45) is 10.2 Å². The number of nitrogens with zero attached hydrogens (tertiary/aromatic N) is 4. The van der Waals surface area contributed by atoms with Gasteiger partial charge in [-0.2, -0.15) is 4.79 Å². The van der Waals surface area contributed by atoms with E-state index in [1.165, 1.54) is 8.51 Å². The van der Waals surface area contributed by atoms with Crippen LogP contribution in [0.2, 0.25) is 5.02 Å². The van der Waals surface area contributed by atoms with Gasteiger partial charge in [-0.3, -0.25) is 8.51 Å². The van der Waals surface area contributed by atoms with Crippen LogP contribution in [0.3, 0.4) is 0 Å². The van der Waals surface area contributed by atoms with Crippen LogP contribution >= 0.6 is 11.6 Å². The number of hydrogen-bond acceptors (Lipinski definition) is 6. The number of aromatic hydroxyl groups is 2. The van der Waals surface area contributed by atoms with Crippen LogP contribution in [-0.2, 0) is 14.8 Å². The standard InChI is InChI=1S/C26H25ClN4O4S/c1-16-14-18(11-13-22(16)30-23(32)20-12-10-17(27)15-21(20)24(30)33)28-29-25(34)31(26(2,3)4)36(35)19-8-6-5-7-9-19/h5-15,32-33H,1-4H3. The molecule has 2 amide bonds. The molecule has 0 bridgehead atoms. The molecular formula is C26H25ClN4O4S. The molecule has 0 spiro atoms. The van der Waals surface area contributed by atoms with Gasteiger partial charge in [0.1, 0.15) is 10.8 Å². The van der Waals surface area contributed by atoms with Gasteiger partial charge in [0.2, 0.25) is 11.8 Å². The van der Waals surface area contributed by atoms with Crippen LogP contribution in [0.1, 0.15) is 26.3 Å². The van der Waals surface area contributed by atoms with E-state index in [9.17, 15) is 19.2 Å². The number of amides is 2. The van der Waals surface area contributed by atoms with Gasteiger partial charge < -0.3 is 14.4 Å². The zero-order valence-corrected chi connectivity index (χ0v) is 21.7. The molecule has 1 aromatic heterocycles. The Morgan fingerprint density at radius 2 is 1.64 bits per heavy atom. The first-order chi connectivity index (χ1) is 17.0. The summed E-state index contributed by atoms with van der Waals surface area (Å²) in [6, 6.07) is 17.7. The van der Waals surface area contributed by atoms with E-state index in [0.717, 1.165) is 0 Å². The molecule has 8 nitrogen and oxygen atoms in total. The van der Waals surface area contributed by atoms with Gasteiger partial charge in [-0.25, -0.2) is 0 Å². The molecule has 4 aromatic rings. The monoisotopic (exact) mass is 524 g/mol. The summed E-state index contributed by atoms with van der Waals surface area (Å²) in [5, 5.41) is 30.6. The fourth-order valence-electron chi connectivity index (χ4n) is 3.81. The predicted molar refractivity (Wildman–Crippen MR) is 139 cm³/mol. The third-order valence-corrected chi connectivity index (χ3v) is 7.40. The molecule has 0 saturated heterocycles. The van der Waals surface area contributed by atoms with Crippen molar-refractivity contribution >= 4 is 44.7 Å². The molecule has 0 aliphatic rings. The number of halogens is 1. The first kappa shape index (κ1) is 25.4. The molecule has 0 aliphatic carbocycles. The van der Waals surface area contributed by atoms with Crippen LogP contribution in [0.5, 0.6) is 11.8 Å². The van der Waals surface area contributed by atoms with E-state index in [2.05, 4.69) is 10.2 Å². The molecule has 0 aliphatic heterocycles. The average molecular weight is 525 g/mol. The van der Waals surface area contributed by atoms with Gasteiger partial charge in [0.05, 0.1) is 11.2 Å². The summed E-state index contributed by atoms with van der Waals surface area (Å²) in [7, 11) is -1.76. The highest BCUT2D eigenvalue weighted by molar-refractivity contribution is 7.72. The number of aromatic nitrogens is 1. The van der Waals surface area contributed by atoms with Gasteiger partial charge in [0.25, 0.3) is 0 Å². The molecule has 1 heterocycles. The highest BCUT2D eigenvalue weighted by Gasteiger charge is 2.27. The first-order valence-corrected chi connectivity index (χ1v) is 12.5. The molecule has 0 unspecified atom stereocenters. The molecule has 0 fully saturated rings. The maximum absolute atomic E-state index is 13.1. The number of hydrogen-bond donors (Lipinski definition) is 2. The lowest BCUT2D eigenvalue weighted by Crippen LogP contribution is -2.36. The van der Waals surface area contributed by atoms with Gasteiger partial charge >= 0.3 is 6.03 Å². The summed E-state index contributed by atoms with van der Waals surface area (Å²) in [5.74, 6) is -0.280. The fraction of sp³-hybridized carbons (Fsp3) is 0.192. The Hall–Kier alpha value is -3.69. The Bertz CT molecular complexity index is 1600. The molecule has 2 N–H and O–H groups in total. The molecule has 10 heteroatoms. The molecule has 0 radical (unpaired) electrons. The van der Waals surface area contributed by atoms with Crippen molar-refractivity contribution in [3.8, 4) is 17.4 Å². The predicted octanol–water partition coefficient (Wildman–Crippen LogP) is 7.22. The zero-order valence-electron chi connectivity index (χ0n) is 20.1. The number of azo groups is 1. The van der Waals surface area contributed by atoms with Crippen molar-refractivity contribution in [3.63, 3.8) is 0 Å². The van der Waals surface area contributed by atoms with E-state index in [0.29, 0.717) is 37.6 Å². The minimum absolute atomic E-state index is 0.129. The van der Waals surface area contributed by atoms with E-state index in [4.69, 9.17) is 11.6 Å². The number of carbonyl (C=O) groups excluding carboxylic acids is 1. The fourth-order valence-corrected chi connectivity index (χ4v) is 5.26. The van der Waals surface area contributed by atoms with Crippen molar-refractivity contribution in [1.82, 2.24) is 4.57 Å². The third-order valence-electron chi connectivity index (χ3n) is 5.45. The second-order valence-corrected chi connectivity index (χ2v) is 10.9. The summed E-state index contributed by atoms with van der Waals surface area (Å²) in [6.45, 7) is 7.09. The Labute approximate surface area is 215 Å². The van der Waals surface area contributed by atoms with Crippen molar-refractivity contribution in [2.75, 3.05) is 0 Å². The Balaban J connectivity index is 1.69. The number of benzene rings is 3. The quantitative estimate of drug-likeness (QED) is 0.167. The van der Waals surface area contributed by atoms with Gasteiger partial charge in [0, 0.05) is 15.8 Å². The normalized spacial score (nSPS) is 13.3. The number of fused-ring (bicyclic) bond motifs is 1. The summed E-state index contributed by atoms with van der Waals surface area (Å²) >= 11 is 6.04. The average Bonchev–Trinajstić information content (AvgIpc) is 3.06. The van der Waals surface area contributed by atoms with Gasteiger partial charge in [-0.15, -0.1) is 0 Å². The van der Waals surface area contributed by atoms with Crippen LogP contribution in [0.15, 0.2) is 81.9 Å². The lowest BCUT2D eigenvalue weighted by Gasteiger charge is -2.23. The summed E-state index contributed by atoms with van der Waals surface area (Å²) in [6.07, 6.45) is 0. The van der Waals surface area contributed by atoms with Gasteiger partial charge in [-0.1, -0.05) is 57.4 Å². The Morgan fingerprint density at radius 3 is 2.28 bits per heavy atom. The topological polar surface area (TPSA) is 107 Å². The maximum atomic E-state index is 13.1. The van der Waals surface area contributed by atoms with Crippen LogP contribution < -0.4 is 0 Å². The van der Waals surface area contributed by atoms with Crippen LogP contribution in [-0.4, -0.2) is 30.3 Å². The minimum Gasteiger partial charge on any atom is -0.494 e. The number of urea groups is 1.